The van der Waals surface area contributed by atoms with E-state index in [1.807, 2.05) is 0 Å². The number of benzene rings is 6. The van der Waals surface area contributed by atoms with Crippen molar-refractivity contribution in [2.24, 2.45) is 0 Å². The first-order valence-corrected chi connectivity index (χ1v) is 17.9. The SMILES string of the molecule is CCC(=P(c1ccccc1)(c1ccccc1)c1ccccc1)[P+](c1ccccc1)(c1ccccc1)c1ccccc1.[I-]. The molecule has 3 heteroatoms. The minimum atomic E-state index is -2.32. The summed E-state index contributed by atoms with van der Waals surface area (Å²) in [6.07, 6.45) is 0.957. The van der Waals surface area contributed by atoms with Crippen LogP contribution in [0.25, 0.3) is 0 Å². The second-order valence-electron chi connectivity index (χ2n) is 10.1. The number of hydrogen-bond donors (Lipinski definition) is 0. The van der Waals surface area contributed by atoms with E-state index in [2.05, 4.69) is 189 Å². The molecule has 0 atom stereocenters. The minimum absolute atomic E-state index is 0. The summed E-state index contributed by atoms with van der Waals surface area (Å²) in [5.41, 5.74) is 0. The van der Waals surface area contributed by atoms with Crippen LogP contribution in [0.15, 0.2) is 182 Å². The highest BCUT2D eigenvalue weighted by Gasteiger charge is 2.53. The quantitative estimate of drug-likeness (QED) is 0.163. The molecule has 0 radical (unpaired) electrons. The molecule has 42 heavy (non-hydrogen) atoms. The third-order valence-electron chi connectivity index (χ3n) is 7.95. The van der Waals surface area contributed by atoms with Gasteiger partial charge in [-0.05, 0) is 52.3 Å². The second-order valence-corrected chi connectivity index (χ2v) is 17.3. The summed E-state index contributed by atoms with van der Waals surface area (Å²) in [4.78, 5) is 0. The summed E-state index contributed by atoms with van der Waals surface area (Å²) in [5.74, 6) is 0. The van der Waals surface area contributed by atoms with Crippen LogP contribution in [0.4, 0.5) is 0 Å². The van der Waals surface area contributed by atoms with Crippen molar-refractivity contribution in [1.82, 2.24) is 0 Å². The maximum absolute atomic E-state index is 2.39. The Morgan fingerprint density at radius 1 is 0.405 bits per heavy atom. The zero-order valence-corrected chi connectivity index (χ0v) is 27.7. The van der Waals surface area contributed by atoms with E-state index in [1.54, 1.807) is 5.03 Å². The largest absolute Gasteiger partial charge is 1.00 e. The predicted molar refractivity (Wildman–Crippen MR) is 186 cm³/mol. The number of hydrogen-bond acceptors (Lipinski definition) is 0. The smallest absolute Gasteiger partial charge is 0.140 e. The standard InChI is InChI=1S/C39H35P2.HI/c1-2-39(40(33-21-9-3-10-22-33,34-23-11-4-12-24-34)35-25-13-5-14-26-35)41(36-27-15-6-16-28-36,37-29-17-7-18-30-37)38-31-19-8-20-32-38;/h3-32H,2H2,1H3;1H/q+1;/p-1. The molecule has 0 aliphatic heterocycles. The molecule has 0 amide bonds. The van der Waals surface area contributed by atoms with Crippen molar-refractivity contribution in [3.8, 4) is 0 Å². The molecule has 208 valence electrons. The fraction of sp³-hybridized carbons (Fsp3) is 0.0513. The van der Waals surface area contributed by atoms with Crippen LogP contribution in [0.1, 0.15) is 13.3 Å². The maximum atomic E-state index is 2.39. The molecule has 0 fully saturated rings. The molecule has 0 bridgehead atoms. The Labute approximate surface area is 268 Å². The lowest BCUT2D eigenvalue weighted by Gasteiger charge is -2.38. The van der Waals surface area contributed by atoms with Gasteiger partial charge < -0.3 is 24.0 Å². The average molecular weight is 693 g/mol. The van der Waals surface area contributed by atoms with E-state index in [0.29, 0.717) is 0 Å². The van der Waals surface area contributed by atoms with Crippen molar-refractivity contribution < 1.29 is 24.0 Å². The second kappa shape index (κ2) is 13.8. The Balaban J connectivity index is 0.00000353. The monoisotopic (exact) mass is 692 g/mol. The Hall–Kier alpha value is -3.22. The normalized spacial score (nSPS) is 11.4. The van der Waals surface area contributed by atoms with Gasteiger partial charge in [0.15, 0.2) is 0 Å². The van der Waals surface area contributed by atoms with Crippen molar-refractivity contribution in [2.75, 3.05) is 0 Å². The van der Waals surface area contributed by atoms with Crippen LogP contribution < -0.4 is 55.8 Å². The van der Waals surface area contributed by atoms with Crippen molar-refractivity contribution >= 4 is 51.0 Å². The Bertz CT molecular complexity index is 1540. The molecule has 0 N–H and O–H groups in total. The lowest BCUT2D eigenvalue weighted by Crippen LogP contribution is -3.00. The van der Waals surface area contributed by atoms with Gasteiger partial charge in [0.25, 0.3) is 0 Å². The zero-order chi connectivity index (χ0) is 28.0. The molecular weight excluding hydrogens is 657 g/mol. The van der Waals surface area contributed by atoms with Crippen LogP contribution in [0, 0.1) is 0 Å². The predicted octanol–water partition coefficient (Wildman–Crippen LogP) is 4.52. The van der Waals surface area contributed by atoms with E-state index in [4.69, 9.17) is 0 Å². The maximum Gasteiger partial charge on any atom is 0.140 e. The summed E-state index contributed by atoms with van der Waals surface area (Å²) < 4.78 is 0. The molecule has 6 aromatic carbocycles. The van der Waals surface area contributed by atoms with Gasteiger partial charge in [0.1, 0.15) is 23.2 Å². The van der Waals surface area contributed by atoms with Gasteiger partial charge >= 0.3 is 0 Å². The molecule has 0 unspecified atom stereocenters. The molecule has 0 saturated heterocycles. The summed E-state index contributed by atoms with van der Waals surface area (Å²) in [6, 6.07) is 68.0. The van der Waals surface area contributed by atoms with Crippen LogP contribution in [0.3, 0.4) is 0 Å². The highest BCUT2D eigenvalue weighted by atomic mass is 127. The van der Waals surface area contributed by atoms with Crippen molar-refractivity contribution in [3.63, 3.8) is 0 Å². The lowest BCUT2D eigenvalue weighted by atomic mass is 10.3. The Kier molecular flexibility index (Phi) is 9.96. The molecular formula is C39H35IP2. The molecule has 0 aliphatic rings. The molecule has 0 aliphatic carbocycles. The van der Waals surface area contributed by atoms with E-state index in [0.717, 1.165) is 6.42 Å². The van der Waals surface area contributed by atoms with Crippen LogP contribution in [0.5, 0.6) is 0 Å². The van der Waals surface area contributed by atoms with E-state index in [1.165, 1.54) is 31.8 Å². The van der Waals surface area contributed by atoms with Crippen molar-refractivity contribution in [2.45, 2.75) is 13.3 Å². The van der Waals surface area contributed by atoms with E-state index >= 15 is 0 Å². The van der Waals surface area contributed by atoms with Gasteiger partial charge in [0.05, 0.1) is 5.03 Å². The topological polar surface area (TPSA) is 0 Å². The Morgan fingerprint density at radius 3 is 0.881 bits per heavy atom. The number of halogens is 1. The number of rotatable bonds is 8. The summed E-state index contributed by atoms with van der Waals surface area (Å²) in [7, 11) is -2.32. The molecule has 0 heterocycles. The van der Waals surface area contributed by atoms with Crippen LogP contribution in [0.2, 0.25) is 0 Å². The Morgan fingerprint density at radius 2 is 0.643 bits per heavy atom. The van der Waals surface area contributed by atoms with Gasteiger partial charge in [-0.1, -0.05) is 153 Å². The third-order valence-corrected chi connectivity index (χ3v) is 18.4. The third kappa shape index (κ3) is 5.24. The van der Waals surface area contributed by atoms with Gasteiger partial charge in [0.2, 0.25) is 0 Å². The molecule has 0 spiro atoms. The molecule has 6 rings (SSSR count). The van der Waals surface area contributed by atoms with E-state index in [9.17, 15) is 0 Å². The minimum Gasteiger partial charge on any atom is -1.00 e. The summed E-state index contributed by atoms with van der Waals surface area (Å²) in [6.45, 7) is 0.0761. The summed E-state index contributed by atoms with van der Waals surface area (Å²) >= 11 is 0. The van der Waals surface area contributed by atoms with Gasteiger partial charge in [-0.25, -0.2) is 0 Å². The molecule has 0 saturated carbocycles. The zero-order valence-electron chi connectivity index (χ0n) is 23.8. The average Bonchev–Trinajstić information content (AvgIpc) is 3.07. The fourth-order valence-corrected chi connectivity index (χ4v) is 18.5. The van der Waals surface area contributed by atoms with Crippen LogP contribution in [-0.4, -0.2) is 5.03 Å². The van der Waals surface area contributed by atoms with Crippen molar-refractivity contribution in [3.05, 3.63) is 182 Å². The summed E-state index contributed by atoms with van der Waals surface area (Å²) in [5, 5.41) is 10.1. The van der Waals surface area contributed by atoms with E-state index in [-0.39, 0.29) is 24.0 Å². The van der Waals surface area contributed by atoms with Crippen molar-refractivity contribution in [1.29, 1.82) is 0 Å². The van der Waals surface area contributed by atoms with Gasteiger partial charge in [-0.15, -0.1) is 0 Å². The first kappa shape index (κ1) is 30.2. The van der Waals surface area contributed by atoms with Gasteiger partial charge in [-0.2, -0.15) is 0 Å². The van der Waals surface area contributed by atoms with Gasteiger partial charge in [-0.3, -0.25) is 0 Å². The highest BCUT2D eigenvalue weighted by Crippen LogP contribution is 2.66. The highest BCUT2D eigenvalue weighted by molar-refractivity contribution is 8.20. The first-order chi connectivity index (χ1) is 20.3. The molecule has 6 aromatic rings. The first-order valence-electron chi connectivity index (χ1n) is 14.3. The van der Waals surface area contributed by atoms with E-state index < -0.39 is 14.1 Å². The fourth-order valence-electron chi connectivity index (χ4n) is 6.40. The molecule has 0 aromatic heterocycles. The molecule has 0 nitrogen and oxygen atoms in total. The lowest BCUT2D eigenvalue weighted by molar-refractivity contribution is -0.00000777. The van der Waals surface area contributed by atoms with Gasteiger partial charge in [0, 0.05) is 13.3 Å². The van der Waals surface area contributed by atoms with Crippen LogP contribution in [-0.2, 0) is 0 Å². The van der Waals surface area contributed by atoms with Crippen LogP contribution >= 0.6 is 14.1 Å².